The molecule has 122 valence electrons. The lowest BCUT2D eigenvalue weighted by Crippen LogP contribution is -2.72. The third-order valence-electron chi connectivity index (χ3n) is 4.37. The van der Waals surface area contributed by atoms with E-state index in [-0.39, 0.29) is 5.41 Å². The van der Waals surface area contributed by atoms with Crippen molar-refractivity contribution in [2.75, 3.05) is 0 Å². The quantitative estimate of drug-likeness (QED) is 0.292. The third kappa shape index (κ3) is 3.17. The lowest BCUT2D eigenvalue weighted by atomic mass is 10.3. The third-order valence-corrected chi connectivity index (χ3v) is 8.88. The Kier molecular flexibility index (Phi) is 5.22. The molecule has 0 saturated carbocycles. The van der Waals surface area contributed by atoms with Crippen LogP contribution in [0.2, 0.25) is 0 Å². The van der Waals surface area contributed by atoms with Crippen LogP contribution in [0.4, 0.5) is 0 Å². The summed E-state index contributed by atoms with van der Waals surface area (Å²) in [4.78, 5) is 13.6. The number of hydrogen-bond donors (Lipinski definition) is 0. The molecule has 3 aromatic rings. The predicted molar refractivity (Wildman–Crippen MR) is 108 cm³/mol. The zero-order valence-corrected chi connectivity index (χ0v) is 15.0. The fourth-order valence-corrected chi connectivity index (χ4v) is 7.55. The first-order valence-corrected chi connectivity index (χ1v) is 10.3. The minimum absolute atomic E-state index is 0.149. The van der Waals surface area contributed by atoms with Gasteiger partial charge in [-0.25, -0.2) is 0 Å². The largest absolute Gasteiger partial charge is 0.299 e. The fraction of sp³-hybridized carbons (Fsp3) is 0. The lowest BCUT2D eigenvalue weighted by molar-refractivity contribution is -0.108. The molecule has 1 nitrogen and oxygen atoms in total. The molecule has 0 saturated heterocycles. The summed E-state index contributed by atoms with van der Waals surface area (Å²) in [7, 11) is -2.84. The van der Waals surface area contributed by atoms with E-state index in [0.717, 1.165) is 15.6 Å². The minimum Gasteiger partial charge on any atom is -0.299 e. The van der Waals surface area contributed by atoms with Gasteiger partial charge in [0.1, 0.15) is 5.41 Å². The van der Waals surface area contributed by atoms with Gasteiger partial charge in [-0.05, 0) is 21.6 Å². The highest BCUT2D eigenvalue weighted by atomic mass is 28.3. The second kappa shape index (κ2) is 7.73. The van der Waals surface area contributed by atoms with E-state index in [1.165, 1.54) is 0 Å². The van der Waals surface area contributed by atoms with Crippen molar-refractivity contribution in [2.24, 2.45) is 0 Å². The minimum atomic E-state index is -2.84. The Morgan fingerprint density at radius 2 is 1.04 bits per heavy atom. The molecule has 25 heavy (non-hydrogen) atoms. The van der Waals surface area contributed by atoms with E-state index in [0.29, 0.717) is 0 Å². The summed E-state index contributed by atoms with van der Waals surface area (Å²) in [5.41, 5.74) is 0. The van der Waals surface area contributed by atoms with Crippen molar-refractivity contribution in [3.8, 4) is 0 Å². The predicted octanol–water partition coefficient (Wildman–Crippen LogP) is 3.01. The molecular weight excluding hydrogens is 320 g/mol. The van der Waals surface area contributed by atoms with Gasteiger partial charge in [0, 0.05) is 0 Å². The summed E-state index contributed by atoms with van der Waals surface area (Å²) < 4.78 is 0. The molecule has 0 radical (unpaired) electrons. The van der Waals surface area contributed by atoms with Gasteiger partial charge in [0.05, 0.1) is 0 Å². The number of hydrogen-bond acceptors (Lipinski definition) is 1. The Hall–Kier alpha value is -2.97. The van der Waals surface area contributed by atoms with Crippen molar-refractivity contribution in [3.63, 3.8) is 0 Å². The molecule has 0 fully saturated rings. The van der Waals surface area contributed by atoms with E-state index >= 15 is 0 Å². The Bertz CT molecular complexity index is 771. The zero-order chi connectivity index (χ0) is 17.5. The summed E-state index contributed by atoms with van der Waals surface area (Å²) in [6.45, 7) is 3.71. The molecule has 0 aromatic heterocycles. The van der Waals surface area contributed by atoms with Crippen LogP contribution >= 0.6 is 0 Å². The monoisotopic (exact) mass is 340 g/mol. The van der Waals surface area contributed by atoms with Gasteiger partial charge in [-0.3, -0.25) is 4.79 Å². The van der Waals surface area contributed by atoms with Crippen molar-refractivity contribution >= 4 is 29.0 Å². The summed E-state index contributed by atoms with van der Waals surface area (Å²) in [6.07, 6.45) is 5.06. The maximum absolute atomic E-state index is 13.6. The molecular formula is C23H20OSi. The summed E-state index contributed by atoms with van der Waals surface area (Å²) in [5.74, 6) is 0. The van der Waals surface area contributed by atoms with E-state index in [4.69, 9.17) is 0 Å². The van der Waals surface area contributed by atoms with Gasteiger partial charge < -0.3 is 0 Å². The van der Waals surface area contributed by atoms with Gasteiger partial charge in [-0.15, -0.1) is 0 Å². The highest BCUT2D eigenvalue weighted by Gasteiger charge is 2.45. The first-order valence-electron chi connectivity index (χ1n) is 8.30. The smallest absolute Gasteiger partial charge is 0.229 e. The van der Waals surface area contributed by atoms with Crippen LogP contribution in [0.3, 0.4) is 0 Å². The lowest BCUT2D eigenvalue weighted by Gasteiger charge is -2.30. The van der Waals surface area contributed by atoms with E-state index in [9.17, 15) is 4.79 Å². The highest BCUT2D eigenvalue weighted by Crippen LogP contribution is 2.10. The molecule has 0 aliphatic rings. The molecule has 0 aliphatic carbocycles. The highest BCUT2D eigenvalue weighted by molar-refractivity contribution is 7.30. The molecule has 0 atom stereocenters. The normalized spacial score (nSPS) is 11.4. The molecule has 0 amide bonds. The molecule has 0 spiro atoms. The van der Waals surface area contributed by atoms with Crippen LogP contribution < -0.4 is 15.6 Å². The SMILES string of the molecule is C=CC=CC(=O)[Si](c1ccccc1)(c1ccccc1)c1ccccc1. The van der Waals surface area contributed by atoms with Crippen LogP contribution in [0.25, 0.3) is 0 Å². The van der Waals surface area contributed by atoms with Gasteiger partial charge in [0.15, 0.2) is 0 Å². The van der Waals surface area contributed by atoms with Crippen LogP contribution in [-0.4, -0.2) is 13.5 Å². The van der Waals surface area contributed by atoms with Gasteiger partial charge >= 0.3 is 0 Å². The van der Waals surface area contributed by atoms with Crippen molar-refractivity contribution in [1.29, 1.82) is 0 Å². The maximum atomic E-state index is 13.6. The molecule has 0 aliphatic heterocycles. The van der Waals surface area contributed by atoms with E-state index in [1.54, 1.807) is 18.2 Å². The van der Waals surface area contributed by atoms with Crippen LogP contribution in [0.5, 0.6) is 0 Å². The Balaban J connectivity index is 2.37. The van der Waals surface area contributed by atoms with E-state index in [1.807, 2.05) is 54.6 Å². The van der Waals surface area contributed by atoms with Gasteiger partial charge in [0.25, 0.3) is 0 Å². The van der Waals surface area contributed by atoms with Crippen LogP contribution in [0.1, 0.15) is 0 Å². The molecule has 0 heterocycles. The number of carbonyl (C=O) groups excluding carboxylic acids is 1. The summed E-state index contributed by atoms with van der Waals surface area (Å²) in [5, 5.41) is 3.42. The first kappa shape index (κ1) is 16.9. The van der Waals surface area contributed by atoms with E-state index in [2.05, 4.69) is 43.0 Å². The van der Waals surface area contributed by atoms with Crippen LogP contribution in [0, 0.1) is 0 Å². The zero-order valence-electron chi connectivity index (χ0n) is 14.0. The fourth-order valence-electron chi connectivity index (χ4n) is 3.27. The Morgan fingerprint density at radius 1 is 0.680 bits per heavy atom. The van der Waals surface area contributed by atoms with Gasteiger partial charge in [-0.1, -0.05) is 110 Å². The standard InChI is InChI=1S/C23H20OSi/c1-2-3-19-23(24)25(20-13-7-4-8-14-20,21-15-9-5-10-16-21)22-17-11-6-12-18-22/h2-19H,1H2. The number of benzene rings is 3. The van der Waals surface area contributed by atoms with Crippen LogP contribution in [-0.2, 0) is 4.79 Å². The number of rotatable bonds is 6. The van der Waals surface area contributed by atoms with Crippen LogP contribution in [0.15, 0.2) is 116 Å². The molecule has 0 unspecified atom stereocenters. The second-order valence-corrected chi connectivity index (χ2v) is 9.53. The molecule has 3 rings (SSSR count). The Labute approximate surface area is 150 Å². The number of allylic oxidation sites excluding steroid dienone is 3. The van der Waals surface area contributed by atoms with Gasteiger partial charge in [-0.2, -0.15) is 0 Å². The summed E-state index contributed by atoms with van der Waals surface area (Å²) in [6, 6.07) is 30.5. The molecule has 0 N–H and O–H groups in total. The molecule has 3 aromatic carbocycles. The number of carbonyl (C=O) groups is 1. The van der Waals surface area contributed by atoms with Crippen molar-refractivity contribution < 1.29 is 4.79 Å². The van der Waals surface area contributed by atoms with Crippen molar-refractivity contribution in [2.45, 2.75) is 0 Å². The van der Waals surface area contributed by atoms with E-state index < -0.39 is 8.07 Å². The summed E-state index contributed by atoms with van der Waals surface area (Å²) >= 11 is 0. The van der Waals surface area contributed by atoms with Crippen molar-refractivity contribution in [3.05, 3.63) is 116 Å². The average Bonchev–Trinajstić information content (AvgIpc) is 2.69. The molecule has 2 heteroatoms. The Morgan fingerprint density at radius 3 is 1.36 bits per heavy atom. The van der Waals surface area contributed by atoms with Gasteiger partial charge in [0.2, 0.25) is 8.07 Å². The topological polar surface area (TPSA) is 17.1 Å². The second-order valence-electron chi connectivity index (χ2n) is 5.81. The first-order chi connectivity index (χ1) is 12.3. The van der Waals surface area contributed by atoms with Crippen molar-refractivity contribution in [1.82, 2.24) is 0 Å². The average molecular weight is 340 g/mol. The maximum Gasteiger partial charge on any atom is 0.229 e. The molecule has 0 bridgehead atoms.